The minimum Gasteiger partial charge on any atom is -0.495 e. The average Bonchev–Trinajstić information content (AvgIpc) is 2.47. The third kappa shape index (κ3) is 2.30. The fourth-order valence-electron chi connectivity index (χ4n) is 3.35. The summed E-state index contributed by atoms with van der Waals surface area (Å²) in [6, 6.07) is 3.32. The summed E-state index contributed by atoms with van der Waals surface area (Å²) in [5.41, 5.74) is 6.67. The van der Waals surface area contributed by atoms with E-state index in [1.165, 1.54) is 18.9 Å². The first kappa shape index (κ1) is 13.5. The maximum atomic E-state index is 14.3. The maximum Gasteiger partial charge on any atom is 0.148 e. The number of rotatable bonds is 2. The molecule has 110 valence electrons. The van der Waals surface area contributed by atoms with Gasteiger partial charge < -0.3 is 20.1 Å². The number of nitrogens with two attached hydrogens (primary N) is 1. The highest BCUT2D eigenvalue weighted by atomic mass is 19.1. The number of fused-ring (bicyclic) bond motifs is 1. The molecule has 1 saturated carbocycles. The molecule has 2 fully saturated rings. The first-order valence-electron chi connectivity index (χ1n) is 7.22. The maximum absolute atomic E-state index is 14.3. The quantitative estimate of drug-likeness (QED) is 0.846. The fraction of sp³-hybridized carbons (Fsp3) is 0.600. The third-order valence-corrected chi connectivity index (χ3v) is 4.34. The molecule has 3 rings (SSSR count). The van der Waals surface area contributed by atoms with E-state index < -0.39 is 0 Å². The molecule has 4 nitrogen and oxygen atoms in total. The molecule has 1 saturated heterocycles. The predicted octanol–water partition coefficient (Wildman–Crippen LogP) is 2.56. The van der Waals surface area contributed by atoms with Crippen molar-refractivity contribution in [2.75, 3.05) is 30.9 Å². The van der Waals surface area contributed by atoms with Crippen molar-refractivity contribution in [1.29, 1.82) is 0 Å². The van der Waals surface area contributed by atoms with Crippen LogP contribution in [0.25, 0.3) is 0 Å². The molecule has 0 amide bonds. The van der Waals surface area contributed by atoms with Gasteiger partial charge in [-0.2, -0.15) is 0 Å². The zero-order valence-electron chi connectivity index (χ0n) is 11.8. The summed E-state index contributed by atoms with van der Waals surface area (Å²) >= 11 is 0. The topological polar surface area (TPSA) is 47.7 Å². The Labute approximate surface area is 118 Å². The molecule has 2 aliphatic rings. The van der Waals surface area contributed by atoms with Crippen molar-refractivity contribution in [2.24, 2.45) is 0 Å². The molecule has 2 unspecified atom stereocenters. The summed E-state index contributed by atoms with van der Waals surface area (Å²) in [5.74, 6) is 0.245. The number of morpholine rings is 1. The summed E-state index contributed by atoms with van der Waals surface area (Å²) in [6.07, 6.45) is 4.71. The number of nitrogens with zero attached hydrogens (tertiary/aromatic N) is 1. The SMILES string of the molecule is COc1cc(N2CCOC3CCCCC32)c(F)cc1N. The number of anilines is 2. The standard InChI is InChI=1S/C15H21FN2O2/c1-19-15-9-13(10(16)8-11(15)17)18-6-7-20-14-5-3-2-4-12(14)18/h8-9,12,14H,2-7,17H2,1H3. The Morgan fingerprint density at radius 3 is 2.95 bits per heavy atom. The number of benzene rings is 1. The van der Waals surface area contributed by atoms with Crippen LogP contribution in [-0.4, -0.2) is 32.4 Å². The minimum absolute atomic E-state index is 0.223. The zero-order chi connectivity index (χ0) is 14.1. The van der Waals surface area contributed by atoms with Crippen molar-refractivity contribution in [2.45, 2.75) is 37.8 Å². The molecule has 0 bridgehead atoms. The Bertz CT molecular complexity index is 493. The van der Waals surface area contributed by atoms with Crippen LogP contribution >= 0.6 is 0 Å². The number of hydrogen-bond donors (Lipinski definition) is 1. The summed E-state index contributed by atoms with van der Waals surface area (Å²) in [7, 11) is 1.55. The van der Waals surface area contributed by atoms with Gasteiger partial charge in [-0.25, -0.2) is 4.39 Å². The van der Waals surface area contributed by atoms with Gasteiger partial charge in [0, 0.05) is 18.7 Å². The lowest BCUT2D eigenvalue weighted by Gasteiger charge is -2.45. The van der Waals surface area contributed by atoms with Crippen LogP contribution in [0.15, 0.2) is 12.1 Å². The zero-order valence-corrected chi connectivity index (χ0v) is 11.8. The normalized spacial score (nSPS) is 26.2. The largest absolute Gasteiger partial charge is 0.495 e. The van der Waals surface area contributed by atoms with E-state index in [4.69, 9.17) is 15.2 Å². The predicted molar refractivity (Wildman–Crippen MR) is 76.7 cm³/mol. The number of ether oxygens (including phenoxy) is 2. The summed E-state index contributed by atoms with van der Waals surface area (Å²) in [6.45, 7) is 1.36. The molecule has 1 heterocycles. The summed E-state index contributed by atoms with van der Waals surface area (Å²) < 4.78 is 25.3. The van der Waals surface area contributed by atoms with Crippen molar-refractivity contribution >= 4 is 11.4 Å². The molecule has 2 N–H and O–H groups in total. The Morgan fingerprint density at radius 2 is 2.15 bits per heavy atom. The average molecular weight is 280 g/mol. The smallest absolute Gasteiger partial charge is 0.148 e. The lowest BCUT2D eigenvalue weighted by Crippen LogP contribution is -2.53. The first-order valence-corrected chi connectivity index (χ1v) is 7.22. The van der Waals surface area contributed by atoms with Gasteiger partial charge in [0.15, 0.2) is 0 Å². The Balaban J connectivity index is 1.94. The van der Waals surface area contributed by atoms with E-state index in [9.17, 15) is 4.39 Å². The lowest BCUT2D eigenvalue weighted by atomic mass is 9.89. The van der Waals surface area contributed by atoms with Gasteiger partial charge in [0.2, 0.25) is 0 Å². The minimum atomic E-state index is -0.283. The van der Waals surface area contributed by atoms with Crippen LogP contribution in [0, 0.1) is 5.82 Å². The summed E-state index contributed by atoms with van der Waals surface area (Å²) in [5, 5.41) is 0. The van der Waals surface area contributed by atoms with Crippen molar-refractivity contribution in [3.8, 4) is 5.75 Å². The van der Waals surface area contributed by atoms with Gasteiger partial charge in [0.25, 0.3) is 0 Å². The Kier molecular flexibility index (Phi) is 3.70. The van der Waals surface area contributed by atoms with Crippen LogP contribution < -0.4 is 15.4 Å². The highest BCUT2D eigenvalue weighted by molar-refractivity contribution is 5.64. The van der Waals surface area contributed by atoms with Gasteiger partial charge in [-0.1, -0.05) is 12.8 Å². The third-order valence-electron chi connectivity index (χ3n) is 4.34. The fourth-order valence-corrected chi connectivity index (χ4v) is 3.35. The second-order valence-electron chi connectivity index (χ2n) is 5.50. The van der Waals surface area contributed by atoms with Gasteiger partial charge >= 0.3 is 0 Å². The molecule has 1 aliphatic heterocycles. The van der Waals surface area contributed by atoms with Crippen LogP contribution in [0.1, 0.15) is 25.7 Å². The van der Waals surface area contributed by atoms with Crippen LogP contribution in [0.4, 0.5) is 15.8 Å². The van der Waals surface area contributed by atoms with E-state index in [0.717, 1.165) is 12.8 Å². The molecule has 2 atom stereocenters. The molecule has 0 spiro atoms. The molecule has 5 heteroatoms. The molecule has 20 heavy (non-hydrogen) atoms. The monoisotopic (exact) mass is 280 g/mol. The number of hydrogen-bond acceptors (Lipinski definition) is 4. The molecule has 0 aromatic heterocycles. The second kappa shape index (κ2) is 5.48. The highest BCUT2D eigenvalue weighted by Crippen LogP contribution is 2.36. The van der Waals surface area contributed by atoms with E-state index >= 15 is 0 Å². The van der Waals surface area contributed by atoms with E-state index in [0.29, 0.717) is 30.3 Å². The summed E-state index contributed by atoms with van der Waals surface area (Å²) in [4.78, 5) is 2.13. The molecule has 0 radical (unpaired) electrons. The van der Waals surface area contributed by atoms with E-state index in [1.54, 1.807) is 13.2 Å². The first-order chi connectivity index (χ1) is 9.70. The molecule has 1 aromatic rings. The Hall–Kier alpha value is -1.49. The van der Waals surface area contributed by atoms with Crippen LogP contribution in [0.2, 0.25) is 0 Å². The van der Waals surface area contributed by atoms with Gasteiger partial charge in [0.1, 0.15) is 11.6 Å². The highest BCUT2D eigenvalue weighted by Gasteiger charge is 2.35. The van der Waals surface area contributed by atoms with Crippen LogP contribution in [0.5, 0.6) is 5.75 Å². The van der Waals surface area contributed by atoms with Gasteiger partial charge in [-0.15, -0.1) is 0 Å². The van der Waals surface area contributed by atoms with Crippen molar-refractivity contribution in [3.05, 3.63) is 17.9 Å². The molecule has 1 aliphatic carbocycles. The molecule has 1 aromatic carbocycles. The lowest BCUT2D eigenvalue weighted by molar-refractivity contribution is -0.00892. The van der Waals surface area contributed by atoms with Crippen LogP contribution in [-0.2, 0) is 4.74 Å². The van der Waals surface area contributed by atoms with Gasteiger partial charge in [-0.3, -0.25) is 0 Å². The molecular formula is C15H21FN2O2. The van der Waals surface area contributed by atoms with Crippen molar-refractivity contribution < 1.29 is 13.9 Å². The van der Waals surface area contributed by atoms with Crippen LogP contribution in [0.3, 0.4) is 0 Å². The number of nitrogen functional groups attached to an aromatic ring is 1. The van der Waals surface area contributed by atoms with E-state index in [1.807, 2.05) is 0 Å². The number of methoxy groups -OCH3 is 1. The molecular weight excluding hydrogens is 259 g/mol. The Morgan fingerprint density at radius 1 is 1.35 bits per heavy atom. The number of halogens is 1. The van der Waals surface area contributed by atoms with Crippen molar-refractivity contribution in [3.63, 3.8) is 0 Å². The van der Waals surface area contributed by atoms with Gasteiger partial charge in [0.05, 0.1) is 37.2 Å². The van der Waals surface area contributed by atoms with Crippen molar-refractivity contribution in [1.82, 2.24) is 0 Å². The van der Waals surface area contributed by atoms with E-state index in [-0.39, 0.29) is 18.0 Å². The van der Waals surface area contributed by atoms with E-state index in [2.05, 4.69) is 4.90 Å². The second-order valence-corrected chi connectivity index (χ2v) is 5.50. The van der Waals surface area contributed by atoms with Gasteiger partial charge in [-0.05, 0) is 12.8 Å².